The van der Waals surface area contributed by atoms with Gasteiger partial charge in [-0.25, -0.2) is 0 Å². The third kappa shape index (κ3) is 7.31. The Morgan fingerprint density at radius 3 is 0.743 bits per heavy atom. The van der Waals surface area contributed by atoms with Gasteiger partial charge in [-0.05, 0) is 137 Å². The van der Waals surface area contributed by atoms with Gasteiger partial charge in [0.15, 0.2) is 0 Å². The Kier molecular flexibility index (Phi) is 10.3. The van der Waals surface area contributed by atoms with Gasteiger partial charge in [0.1, 0.15) is 0 Å². The molecule has 0 aliphatic heterocycles. The fraction of sp³-hybridized carbons (Fsp3) is 0.130. The first-order valence-electron chi connectivity index (χ1n) is 24.8. The van der Waals surface area contributed by atoms with Gasteiger partial charge < -0.3 is 4.90 Å². The zero-order valence-corrected chi connectivity index (χ0v) is 41.0. The summed E-state index contributed by atoms with van der Waals surface area (Å²) in [5.74, 6) is 0. The van der Waals surface area contributed by atoms with Crippen molar-refractivity contribution in [3.8, 4) is 33.4 Å². The van der Waals surface area contributed by atoms with Gasteiger partial charge in [0.25, 0.3) is 0 Å². The summed E-state index contributed by atoms with van der Waals surface area (Å²) < 4.78 is 0. The second-order valence-corrected chi connectivity index (χ2v) is 21.0. The predicted molar refractivity (Wildman–Crippen MR) is 300 cm³/mol. The molecule has 3 aliphatic carbocycles. The number of anilines is 3. The van der Waals surface area contributed by atoms with Gasteiger partial charge in [0.05, 0.1) is 0 Å². The molecule has 9 aromatic rings. The van der Waals surface area contributed by atoms with Crippen LogP contribution in [0.15, 0.2) is 200 Å². The normalized spacial score (nSPS) is 15.2. The minimum Gasteiger partial charge on any atom is -0.310 e. The first kappa shape index (κ1) is 43.3. The first-order valence-corrected chi connectivity index (χ1v) is 24.8. The molecule has 3 aliphatic rings. The van der Waals surface area contributed by atoms with Crippen molar-refractivity contribution in [2.75, 3.05) is 4.90 Å². The van der Waals surface area contributed by atoms with Crippen LogP contribution in [0.25, 0.3) is 69.8 Å². The molecule has 0 bridgehead atoms. The van der Waals surface area contributed by atoms with E-state index in [4.69, 9.17) is 0 Å². The average Bonchev–Trinajstić information content (AvgIpc) is 3.86. The lowest BCUT2D eigenvalue weighted by molar-refractivity contribution is 0.659. The molecule has 0 spiro atoms. The van der Waals surface area contributed by atoms with Crippen molar-refractivity contribution in [1.82, 2.24) is 0 Å². The molecule has 0 amide bonds. The Bertz CT molecular complexity index is 3220. The SMILES string of the molecule is CC1(C)c2cc(/C=C/c3ccccc3)ccc2-c2ccc(N(c3ccc4c(c3)C(C)(C)c3cc(/C=C/c5ccccc5)ccc3-4)c3ccc4c(c3)C(C)(C)c3cc(/C=C/c5ccccc5)ccc3-4)cc21. The Balaban J connectivity index is 0.952. The maximum Gasteiger partial charge on any atom is 0.0465 e. The van der Waals surface area contributed by atoms with Crippen molar-refractivity contribution in [1.29, 1.82) is 0 Å². The van der Waals surface area contributed by atoms with Gasteiger partial charge in [-0.1, -0.05) is 242 Å². The quantitative estimate of drug-likeness (QED) is 0.131. The van der Waals surface area contributed by atoms with E-state index in [1.807, 2.05) is 0 Å². The smallest absolute Gasteiger partial charge is 0.0465 e. The number of hydrogen-bond acceptors (Lipinski definition) is 1. The van der Waals surface area contributed by atoms with Crippen molar-refractivity contribution >= 4 is 53.5 Å². The highest BCUT2D eigenvalue weighted by atomic mass is 15.1. The van der Waals surface area contributed by atoms with Gasteiger partial charge >= 0.3 is 0 Å². The summed E-state index contributed by atoms with van der Waals surface area (Å²) in [5.41, 5.74) is 26.2. The number of benzene rings is 9. The second-order valence-electron chi connectivity index (χ2n) is 21.0. The number of nitrogens with zero attached hydrogens (tertiary/aromatic N) is 1. The van der Waals surface area contributed by atoms with E-state index in [1.54, 1.807) is 0 Å². The zero-order valence-electron chi connectivity index (χ0n) is 41.0. The molecular formula is C69H57N. The summed E-state index contributed by atoms with van der Waals surface area (Å²) in [7, 11) is 0. The van der Waals surface area contributed by atoms with E-state index >= 15 is 0 Å². The summed E-state index contributed by atoms with van der Waals surface area (Å²) >= 11 is 0. The molecule has 9 aromatic carbocycles. The van der Waals surface area contributed by atoms with Crippen LogP contribution in [0.4, 0.5) is 17.1 Å². The van der Waals surface area contributed by atoms with Crippen molar-refractivity contribution in [2.45, 2.75) is 57.8 Å². The number of hydrogen-bond donors (Lipinski definition) is 0. The van der Waals surface area contributed by atoms with Crippen LogP contribution in [-0.4, -0.2) is 0 Å². The lowest BCUT2D eigenvalue weighted by Gasteiger charge is -2.31. The fourth-order valence-electron chi connectivity index (χ4n) is 11.7. The van der Waals surface area contributed by atoms with Crippen molar-refractivity contribution in [2.24, 2.45) is 0 Å². The summed E-state index contributed by atoms with van der Waals surface area (Å²) in [5, 5.41) is 0. The molecule has 1 nitrogen and oxygen atoms in total. The first-order chi connectivity index (χ1) is 33.9. The maximum atomic E-state index is 2.52. The number of fused-ring (bicyclic) bond motifs is 9. The van der Waals surface area contributed by atoms with E-state index in [1.165, 1.54) is 100 Å². The Labute approximate surface area is 414 Å². The molecule has 0 radical (unpaired) electrons. The van der Waals surface area contributed by atoms with Crippen molar-refractivity contribution in [3.05, 3.63) is 267 Å². The van der Waals surface area contributed by atoms with Crippen LogP contribution in [-0.2, 0) is 16.2 Å². The Morgan fingerprint density at radius 2 is 0.471 bits per heavy atom. The van der Waals surface area contributed by atoms with E-state index in [0.29, 0.717) is 0 Å². The molecule has 0 fully saturated rings. The van der Waals surface area contributed by atoms with Crippen LogP contribution in [0.5, 0.6) is 0 Å². The molecule has 12 rings (SSSR count). The predicted octanol–water partition coefficient (Wildman–Crippen LogP) is 18.6. The van der Waals surface area contributed by atoms with E-state index in [0.717, 1.165) is 17.1 Å². The minimum atomic E-state index is -0.203. The summed E-state index contributed by atoms with van der Waals surface area (Å²) in [6, 6.07) is 74.3. The molecule has 70 heavy (non-hydrogen) atoms. The third-order valence-electron chi connectivity index (χ3n) is 15.6. The molecule has 0 saturated heterocycles. The molecule has 0 saturated carbocycles. The topological polar surface area (TPSA) is 3.24 Å². The summed E-state index contributed by atoms with van der Waals surface area (Å²) in [4.78, 5) is 2.52. The maximum absolute atomic E-state index is 2.52. The van der Waals surface area contributed by atoms with Crippen molar-refractivity contribution in [3.63, 3.8) is 0 Å². The molecule has 0 heterocycles. The standard InChI is InChI=1S/C69H57N/c1-67(2)61-40-49(25-22-46-16-10-7-11-17-46)28-34-55(61)58-37-31-52(43-64(58)67)70(53-32-38-59-56-35-29-50(26-23-47-18-12-8-13-19-47)41-62(56)68(3,4)65(59)44-53)54-33-39-60-57-36-30-51(27-24-48-20-14-9-15-21-48)42-63(57)69(5,6)66(60)45-54/h7-45H,1-6H3/b25-22+,26-23+,27-24+. The average molecular weight is 900 g/mol. The van der Waals surface area contributed by atoms with Gasteiger partial charge in [0.2, 0.25) is 0 Å². The Hall–Kier alpha value is -8.00. The summed E-state index contributed by atoms with van der Waals surface area (Å²) in [6.07, 6.45) is 13.4. The molecule has 0 aromatic heterocycles. The van der Waals surface area contributed by atoms with Crippen LogP contribution in [0, 0.1) is 0 Å². The van der Waals surface area contributed by atoms with E-state index in [2.05, 4.69) is 283 Å². The van der Waals surface area contributed by atoms with Crippen molar-refractivity contribution < 1.29 is 0 Å². The highest BCUT2D eigenvalue weighted by Gasteiger charge is 2.40. The molecule has 0 unspecified atom stereocenters. The van der Waals surface area contributed by atoms with Crippen LogP contribution in [0.1, 0.15) is 108 Å². The second kappa shape index (κ2) is 16.6. The van der Waals surface area contributed by atoms with Crippen LogP contribution in [0.2, 0.25) is 0 Å². The monoisotopic (exact) mass is 899 g/mol. The van der Waals surface area contributed by atoms with Gasteiger partial charge in [-0.15, -0.1) is 0 Å². The molecule has 1 heteroatoms. The molecule has 0 N–H and O–H groups in total. The zero-order chi connectivity index (χ0) is 47.8. The van der Waals surface area contributed by atoms with E-state index in [-0.39, 0.29) is 16.2 Å². The highest BCUT2D eigenvalue weighted by Crippen LogP contribution is 2.55. The number of rotatable bonds is 9. The molecule has 0 atom stereocenters. The van der Waals surface area contributed by atoms with Crippen LogP contribution < -0.4 is 4.90 Å². The lowest BCUT2D eigenvalue weighted by Crippen LogP contribution is -2.19. The molecule has 338 valence electrons. The fourth-order valence-corrected chi connectivity index (χ4v) is 11.7. The lowest BCUT2D eigenvalue weighted by atomic mass is 9.81. The van der Waals surface area contributed by atoms with Gasteiger partial charge in [0, 0.05) is 33.3 Å². The largest absolute Gasteiger partial charge is 0.310 e. The van der Waals surface area contributed by atoms with E-state index in [9.17, 15) is 0 Å². The van der Waals surface area contributed by atoms with Gasteiger partial charge in [-0.2, -0.15) is 0 Å². The van der Waals surface area contributed by atoms with Gasteiger partial charge in [-0.3, -0.25) is 0 Å². The minimum absolute atomic E-state index is 0.203. The Morgan fingerprint density at radius 1 is 0.243 bits per heavy atom. The van der Waals surface area contributed by atoms with E-state index < -0.39 is 0 Å². The molecular weight excluding hydrogens is 843 g/mol. The highest BCUT2D eigenvalue weighted by molar-refractivity contribution is 5.92. The summed E-state index contributed by atoms with van der Waals surface area (Å²) in [6.45, 7) is 14.4. The van der Waals surface area contributed by atoms with Crippen LogP contribution in [0.3, 0.4) is 0 Å². The van der Waals surface area contributed by atoms with Crippen LogP contribution >= 0.6 is 0 Å². The third-order valence-corrected chi connectivity index (χ3v) is 15.6.